The molecule has 3 aromatic rings. The molecule has 0 unspecified atom stereocenters. The number of amides is 4. The molecule has 0 aliphatic carbocycles. The van der Waals surface area contributed by atoms with E-state index in [0.29, 0.717) is 51.3 Å². The van der Waals surface area contributed by atoms with Crippen LogP contribution in [0.5, 0.6) is 11.5 Å². The Hall–Kier alpha value is -4.90. The third-order valence-corrected chi connectivity index (χ3v) is 9.79. The van der Waals surface area contributed by atoms with Gasteiger partial charge in [0.25, 0.3) is 5.91 Å². The fourth-order valence-electron chi connectivity index (χ4n) is 6.70. The van der Waals surface area contributed by atoms with Crippen molar-refractivity contribution in [3.63, 3.8) is 0 Å². The van der Waals surface area contributed by atoms with Gasteiger partial charge in [-0.1, -0.05) is 67.9 Å². The highest BCUT2D eigenvalue weighted by Gasteiger charge is 2.36. The van der Waals surface area contributed by atoms with Crippen molar-refractivity contribution in [2.75, 3.05) is 46.6 Å². The number of para-hydroxylation sites is 1. The summed E-state index contributed by atoms with van der Waals surface area (Å²) >= 11 is 0. The number of rotatable bonds is 10. The third kappa shape index (κ3) is 10.1. The lowest BCUT2D eigenvalue weighted by atomic mass is 9.74. The maximum atomic E-state index is 14.0. The highest BCUT2D eigenvalue weighted by molar-refractivity contribution is 6.00. The van der Waals surface area contributed by atoms with Crippen molar-refractivity contribution in [2.24, 2.45) is 0 Å². The predicted octanol–water partition coefficient (Wildman–Crippen LogP) is 4.19. The van der Waals surface area contributed by atoms with Crippen LogP contribution in [-0.4, -0.2) is 87.2 Å². The Morgan fingerprint density at radius 2 is 1.67 bits per heavy atom. The molecule has 51 heavy (non-hydrogen) atoms. The summed E-state index contributed by atoms with van der Waals surface area (Å²) in [5.74, 6) is -0.373. The minimum Gasteiger partial charge on any atom is -0.497 e. The number of hydrogen-bond acceptors (Lipinski definition) is 7. The molecule has 2 heterocycles. The van der Waals surface area contributed by atoms with E-state index in [2.05, 4.69) is 22.9 Å². The maximum Gasteiger partial charge on any atom is 0.255 e. The van der Waals surface area contributed by atoms with Gasteiger partial charge in [-0.2, -0.15) is 0 Å². The van der Waals surface area contributed by atoms with Gasteiger partial charge in [0, 0.05) is 44.6 Å². The molecule has 0 bridgehead atoms. The van der Waals surface area contributed by atoms with Gasteiger partial charge in [0.1, 0.15) is 30.2 Å². The van der Waals surface area contributed by atoms with Gasteiger partial charge in [-0.05, 0) is 61.1 Å². The van der Waals surface area contributed by atoms with Gasteiger partial charge in [0.05, 0.1) is 19.2 Å². The number of carbonyl (C=O) groups is 4. The van der Waals surface area contributed by atoms with E-state index in [-0.39, 0.29) is 48.8 Å². The quantitative estimate of drug-likeness (QED) is 0.289. The Balaban J connectivity index is 1.39. The molecule has 3 N–H and O–H groups in total. The van der Waals surface area contributed by atoms with Crippen LogP contribution in [0.4, 0.5) is 0 Å². The molecule has 1 fully saturated rings. The second-order valence-electron chi connectivity index (χ2n) is 13.2. The molecule has 1 saturated heterocycles. The average molecular weight is 699 g/mol. The molecule has 3 aromatic carbocycles. The van der Waals surface area contributed by atoms with Crippen molar-refractivity contribution >= 4 is 23.6 Å². The second kappa shape index (κ2) is 18.4. The third-order valence-electron chi connectivity index (χ3n) is 9.79. The summed E-state index contributed by atoms with van der Waals surface area (Å²) < 4.78 is 17.1. The number of nitrogens with one attached hydrogen (secondary N) is 3. The van der Waals surface area contributed by atoms with Gasteiger partial charge in [0.2, 0.25) is 17.7 Å². The maximum absolute atomic E-state index is 14.0. The highest BCUT2D eigenvalue weighted by Crippen LogP contribution is 2.35. The van der Waals surface area contributed by atoms with Crippen molar-refractivity contribution in [3.05, 3.63) is 95.6 Å². The van der Waals surface area contributed by atoms with E-state index in [1.54, 1.807) is 36.3 Å². The van der Waals surface area contributed by atoms with E-state index in [1.807, 2.05) is 54.6 Å². The first-order chi connectivity index (χ1) is 24.8. The van der Waals surface area contributed by atoms with Crippen LogP contribution >= 0.6 is 0 Å². The Morgan fingerprint density at radius 3 is 2.39 bits per heavy atom. The van der Waals surface area contributed by atoms with E-state index in [0.717, 1.165) is 29.7 Å². The molecule has 272 valence electrons. The molecule has 0 spiro atoms. The first kappa shape index (κ1) is 37.4. The predicted molar refractivity (Wildman–Crippen MR) is 194 cm³/mol. The lowest BCUT2D eigenvalue weighted by molar-refractivity contribution is -0.137. The Kier molecular flexibility index (Phi) is 13.5. The van der Waals surface area contributed by atoms with Crippen LogP contribution in [0.1, 0.15) is 66.9 Å². The van der Waals surface area contributed by atoms with E-state index < -0.39 is 23.9 Å². The lowest BCUT2D eigenvalue weighted by Gasteiger charge is -2.38. The van der Waals surface area contributed by atoms with Crippen LogP contribution in [0.2, 0.25) is 0 Å². The standard InChI is InChI=1S/C40H50N4O7/c1-3-4-22-44-23-26-51-35-13-9-8-12-32(35)37(46)43-33(18-19-36(45)42-34(39(44)48)27-29-10-6-5-7-11-29)38(47)41-28-40(20-24-50-25-21-40)30-14-16-31(49-2)17-15-30/h5-17,33-34H,3-4,18-28H2,1-2H3,(H,41,47)(H,42,45)(H,43,46)/t33-,34-/m0/s1. The zero-order valence-corrected chi connectivity index (χ0v) is 29.7. The van der Waals surface area contributed by atoms with E-state index >= 15 is 0 Å². The number of unbranched alkanes of at least 4 members (excludes halogenated alkanes) is 1. The Morgan fingerprint density at radius 1 is 0.941 bits per heavy atom. The number of hydrogen-bond donors (Lipinski definition) is 3. The van der Waals surface area contributed by atoms with Crippen molar-refractivity contribution in [2.45, 2.75) is 69.4 Å². The zero-order valence-electron chi connectivity index (χ0n) is 29.7. The topological polar surface area (TPSA) is 135 Å². The van der Waals surface area contributed by atoms with Gasteiger partial charge >= 0.3 is 0 Å². The van der Waals surface area contributed by atoms with Crippen LogP contribution in [0.25, 0.3) is 0 Å². The average Bonchev–Trinajstić information content (AvgIpc) is 3.17. The number of nitrogens with zero attached hydrogens (tertiary/aromatic N) is 1. The first-order valence-electron chi connectivity index (χ1n) is 18.0. The SMILES string of the molecule is CCCCN1CCOc2ccccc2C(=O)N[C@H](C(=O)NCC2(c3ccc(OC)cc3)CCOCC2)CCC(=O)N[C@@H](Cc2ccccc2)C1=O. The number of carbonyl (C=O) groups excluding carboxylic acids is 4. The van der Waals surface area contributed by atoms with Gasteiger partial charge < -0.3 is 35.1 Å². The largest absolute Gasteiger partial charge is 0.497 e. The first-order valence-corrected chi connectivity index (χ1v) is 18.0. The molecule has 11 nitrogen and oxygen atoms in total. The lowest BCUT2D eigenvalue weighted by Crippen LogP contribution is -2.52. The van der Waals surface area contributed by atoms with E-state index in [9.17, 15) is 19.2 Å². The van der Waals surface area contributed by atoms with Gasteiger partial charge in [0.15, 0.2) is 0 Å². The molecule has 4 amide bonds. The molecule has 5 rings (SSSR count). The summed E-state index contributed by atoms with van der Waals surface area (Å²) in [4.78, 5) is 57.0. The van der Waals surface area contributed by atoms with Crippen LogP contribution in [0, 0.1) is 0 Å². The summed E-state index contributed by atoms with van der Waals surface area (Å²) in [7, 11) is 1.62. The summed E-state index contributed by atoms with van der Waals surface area (Å²) in [5, 5.41) is 8.95. The van der Waals surface area contributed by atoms with Crippen LogP contribution in [-0.2, 0) is 31.0 Å². The number of benzene rings is 3. The van der Waals surface area contributed by atoms with Crippen LogP contribution < -0.4 is 25.4 Å². The monoisotopic (exact) mass is 698 g/mol. The summed E-state index contributed by atoms with van der Waals surface area (Å²) in [5.41, 5.74) is 1.86. The molecule has 2 atom stereocenters. The van der Waals surface area contributed by atoms with E-state index in [4.69, 9.17) is 14.2 Å². The fourth-order valence-corrected chi connectivity index (χ4v) is 6.70. The summed E-state index contributed by atoms with van der Waals surface area (Å²) in [6.45, 7) is 4.42. The van der Waals surface area contributed by atoms with Gasteiger partial charge in [-0.3, -0.25) is 19.2 Å². The van der Waals surface area contributed by atoms with Gasteiger partial charge in [-0.15, -0.1) is 0 Å². The Bertz CT molecular complexity index is 1610. The second-order valence-corrected chi connectivity index (χ2v) is 13.2. The molecular weight excluding hydrogens is 648 g/mol. The Labute approximate surface area is 300 Å². The molecular formula is C40H50N4O7. The smallest absolute Gasteiger partial charge is 0.255 e. The van der Waals surface area contributed by atoms with Crippen molar-refractivity contribution in [1.82, 2.24) is 20.9 Å². The van der Waals surface area contributed by atoms with Crippen molar-refractivity contribution in [1.29, 1.82) is 0 Å². The molecule has 11 heteroatoms. The number of ether oxygens (including phenoxy) is 3. The number of fused-ring (bicyclic) bond motifs is 1. The van der Waals surface area contributed by atoms with Crippen molar-refractivity contribution < 1.29 is 33.4 Å². The van der Waals surface area contributed by atoms with E-state index in [1.165, 1.54) is 0 Å². The highest BCUT2D eigenvalue weighted by atomic mass is 16.5. The number of methoxy groups -OCH3 is 1. The van der Waals surface area contributed by atoms with Crippen LogP contribution in [0.3, 0.4) is 0 Å². The van der Waals surface area contributed by atoms with Gasteiger partial charge in [-0.25, -0.2) is 0 Å². The molecule has 0 saturated carbocycles. The van der Waals surface area contributed by atoms with Crippen molar-refractivity contribution in [3.8, 4) is 11.5 Å². The minimum atomic E-state index is -1.03. The van der Waals surface area contributed by atoms with Crippen LogP contribution in [0.15, 0.2) is 78.9 Å². The summed E-state index contributed by atoms with van der Waals surface area (Å²) in [6.07, 6.45) is 3.35. The molecule has 2 aliphatic heterocycles. The minimum absolute atomic E-state index is 0.0247. The molecule has 0 aromatic heterocycles. The zero-order chi connectivity index (χ0) is 36.1. The fraction of sp³-hybridized carbons (Fsp3) is 0.450. The normalized spacial score (nSPS) is 20.0. The molecule has 2 aliphatic rings. The molecule has 0 radical (unpaired) electrons. The summed E-state index contributed by atoms with van der Waals surface area (Å²) in [6, 6.07) is 22.4.